The summed E-state index contributed by atoms with van der Waals surface area (Å²) in [5.74, 6) is 1.24. The first-order chi connectivity index (χ1) is 20.9. The van der Waals surface area contributed by atoms with Crippen molar-refractivity contribution in [2.75, 3.05) is 55.5 Å². The number of ether oxygens (including phenoxy) is 2. The smallest absolute Gasteiger partial charge is 0.253 e. The molecule has 1 fully saturated rings. The quantitative estimate of drug-likeness (QED) is 0.251. The van der Waals surface area contributed by atoms with Gasteiger partial charge in [0.2, 0.25) is 5.91 Å². The second-order valence-electron chi connectivity index (χ2n) is 10.6. The lowest BCUT2D eigenvalue weighted by Crippen LogP contribution is -2.47. The van der Waals surface area contributed by atoms with Crippen molar-refractivity contribution in [1.29, 1.82) is 0 Å². The van der Waals surface area contributed by atoms with Gasteiger partial charge in [0.15, 0.2) is 0 Å². The van der Waals surface area contributed by atoms with E-state index in [9.17, 15) is 9.59 Å². The first kappa shape index (κ1) is 29.5. The molecule has 1 unspecified atom stereocenters. The van der Waals surface area contributed by atoms with Crippen molar-refractivity contribution >= 4 is 28.9 Å². The lowest BCUT2D eigenvalue weighted by molar-refractivity contribution is -0.115. The summed E-state index contributed by atoms with van der Waals surface area (Å²) in [6.07, 6.45) is 0.212. The molecule has 2 N–H and O–H groups in total. The normalized spacial score (nSPS) is 13.7. The molecular formula is C35H38N4O4. The maximum atomic E-state index is 13.8. The fourth-order valence-corrected chi connectivity index (χ4v) is 5.38. The number of rotatable bonds is 10. The van der Waals surface area contributed by atoms with E-state index in [2.05, 4.69) is 26.5 Å². The third-order valence-electron chi connectivity index (χ3n) is 7.74. The lowest BCUT2D eigenvalue weighted by atomic mass is 10.1. The number of amides is 2. The standard InChI is InChI=1S/C35H38N4O4/c1-25(27-9-5-4-6-10-27)36-35(41)30-24-28(37-34(40)23-26-13-16-29(42-2)17-14-26)15-18-31(30)38-19-21-39(22-20-38)32-11-7-8-12-33(32)43-3/h4-18,24-25H,19-23H2,1-3H3,(H,36,41)(H,37,40). The van der Waals surface area contributed by atoms with Crippen LogP contribution in [0.2, 0.25) is 0 Å². The molecule has 0 radical (unpaired) electrons. The van der Waals surface area contributed by atoms with Crippen LogP contribution >= 0.6 is 0 Å². The molecule has 8 nitrogen and oxygen atoms in total. The summed E-state index contributed by atoms with van der Waals surface area (Å²) in [6, 6.07) is 30.7. The molecule has 1 aliphatic heterocycles. The molecular weight excluding hydrogens is 540 g/mol. The summed E-state index contributed by atoms with van der Waals surface area (Å²) in [6.45, 7) is 5.00. The van der Waals surface area contributed by atoms with Crippen LogP contribution in [0.15, 0.2) is 97.1 Å². The molecule has 5 rings (SSSR count). The second kappa shape index (κ2) is 13.8. The van der Waals surface area contributed by atoms with Gasteiger partial charge in [0, 0.05) is 37.6 Å². The molecule has 43 heavy (non-hydrogen) atoms. The van der Waals surface area contributed by atoms with Gasteiger partial charge in [0.25, 0.3) is 5.91 Å². The maximum Gasteiger partial charge on any atom is 0.253 e. The van der Waals surface area contributed by atoms with E-state index in [4.69, 9.17) is 9.47 Å². The van der Waals surface area contributed by atoms with Crippen LogP contribution in [0.25, 0.3) is 0 Å². The van der Waals surface area contributed by atoms with Crippen LogP contribution in [0.3, 0.4) is 0 Å². The van der Waals surface area contributed by atoms with Crippen molar-refractivity contribution in [3.05, 3.63) is 114 Å². The Balaban J connectivity index is 1.35. The number of methoxy groups -OCH3 is 2. The van der Waals surface area contributed by atoms with E-state index >= 15 is 0 Å². The summed E-state index contributed by atoms with van der Waals surface area (Å²) < 4.78 is 10.8. The predicted molar refractivity (Wildman–Crippen MR) is 172 cm³/mol. The highest BCUT2D eigenvalue weighted by Crippen LogP contribution is 2.31. The van der Waals surface area contributed by atoms with Crippen molar-refractivity contribution < 1.29 is 19.1 Å². The van der Waals surface area contributed by atoms with Gasteiger partial charge in [0.05, 0.1) is 37.9 Å². The molecule has 0 saturated carbocycles. The number of nitrogens with one attached hydrogen (secondary N) is 2. The fraction of sp³-hybridized carbons (Fsp3) is 0.257. The lowest BCUT2D eigenvalue weighted by Gasteiger charge is -2.38. The van der Waals surface area contributed by atoms with Gasteiger partial charge in [-0.25, -0.2) is 0 Å². The van der Waals surface area contributed by atoms with Crippen molar-refractivity contribution in [1.82, 2.24) is 5.32 Å². The summed E-state index contributed by atoms with van der Waals surface area (Å²) in [4.78, 5) is 31.2. The Morgan fingerprint density at radius 2 is 1.42 bits per heavy atom. The van der Waals surface area contributed by atoms with Crippen molar-refractivity contribution in [2.24, 2.45) is 0 Å². The molecule has 0 bridgehead atoms. The summed E-state index contributed by atoms with van der Waals surface area (Å²) >= 11 is 0. The first-order valence-electron chi connectivity index (χ1n) is 14.5. The van der Waals surface area contributed by atoms with Crippen molar-refractivity contribution in [3.63, 3.8) is 0 Å². The third-order valence-corrected chi connectivity index (χ3v) is 7.74. The van der Waals surface area contributed by atoms with Gasteiger partial charge in [0.1, 0.15) is 11.5 Å². The van der Waals surface area contributed by atoms with E-state index in [1.165, 1.54) is 0 Å². The number of nitrogens with zero attached hydrogens (tertiary/aromatic N) is 2. The van der Waals surface area contributed by atoms with Gasteiger partial charge in [-0.1, -0.05) is 54.6 Å². The zero-order chi connectivity index (χ0) is 30.2. The van der Waals surface area contributed by atoms with Crippen LogP contribution in [0, 0.1) is 0 Å². The van der Waals surface area contributed by atoms with Crippen molar-refractivity contribution in [2.45, 2.75) is 19.4 Å². The minimum absolute atomic E-state index is 0.160. The highest BCUT2D eigenvalue weighted by atomic mass is 16.5. The number of para-hydroxylation sites is 2. The van der Waals surface area contributed by atoms with E-state index in [0.717, 1.165) is 60.2 Å². The molecule has 8 heteroatoms. The maximum absolute atomic E-state index is 13.8. The Labute approximate surface area is 253 Å². The van der Waals surface area contributed by atoms with Crippen LogP contribution in [0.5, 0.6) is 11.5 Å². The van der Waals surface area contributed by atoms with Crippen LogP contribution < -0.4 is 29.9 Å². The van der Waals surface area contributed by atoms with Crippen LogP contribution in [0.1, 0.15) is 34.5 Å². The zero-order valence-corrected chi connectivity index (χ0v) is 24.9. The summed E-state index contributed by atoms with van der Waals surface area (Å²) in [5, 5.41) is 6.14. The highest BCUT2D eigenvalue weighted by molar-refractivity contribution is 6.02. The van der Waals surface area contributed by atoms with Crippen LogP contribution in [-0.2, 0) is 11.2 Å². The minimum Gasteiger partial charge on any atom is -0.497 e. The molecule has 1 heterocycles. The Bertz CT molecular complexity index is 1530. The molecule has 4 aromatic carbocycles. The molecule has 0 aliphatic carbocycles. The van der Waals surface area contributed by atoms with E-state index in [-0.39, 0.29) is 24.3 Å². The third kappa shape index (κ3) is 7.27. The number of hydrogen-bond donors (Lipinski definition) is 2. The van der Waals surface area contributed by atoms with Gasteiger partial charge in [-0.2, -0.15) is 0 Å². The van der Waals surface area contributed by atoms with Gasteiger partial charge in [-0.15, -0.1) is 0 Å². The first-order valence-corrected chi connectivity index (χ1v) is 14.5. The molecule has 1 atom stereocenters. The monoisotopic (exact) mass is 578 g/mol. The van der Waals surface area contributed by atoms with Gasteiger partial charge >= 0.3 is 0 Å². The minimum atomic E-state index is -0.190. The predicted octanol–water partition coefficient (Wildman–Crippen LogP) is 5.70. The van der Waals surface area contributed by atoms with Crippen molar-refractivity contribution in [3.8, 4) is 11.5 Å². The van der Waals surface area contributed by atoms with E-state index in [1.54, 1.807) is 20.3 Å². The summed E-state index contributed by atoms with van der Waals surface area (Å²) in [5.41, 5.74) is 4.90. The molecule has 4 aromatic rings. The van der Waals surface area contributed by atoms with Crippen LogP contribution in [0.4, 0.5) is 17.1 Å². The SMILES string of the molecule is COc1ccc(CC(=O)Nc2ccc(N3CCN(c4ccccc4OC)CC3)c(C(=O)NC(C)c3ccccc3)c2)cc1. The van der Waals surface area contributed by atoms with Gasteiger partial charge in [-0.05, 0) is 60.5 Å². The summed E-state index contributed by atoms with van der Waals surface area (Å²) in [7, 11) is 3.30. The number of anilines is 3. The van der Waals surface area contributed by atoms with Gasteiger partial charge in [-0.3, -0.25) is 9.59 Å². The number of hydrogen-bond acceptors (Lipinski definition) is 6. The number of carbonyl (C=O) groups is 2. The molecule has 1 aliphatic rings. The zero-order valence-electron chi connectivity index (χ0n) is 24.9. The van der Waals surface area contributed by atoms with E-state index < -0.39 is 0 Å². The average Bonchev–Trinajstić information content (AvgIpc) is 3.05. The molecule has 1 saturated heterocycles. The Morgan fingerprint density at radius 1 is 0.767 bits per heavy atom. The second-order valence-corrected chi connectivity index (χ2v) is 10.6. The molecule has 0 aromatic heterocycles. The molecule has 0 spiro atoms. The molecule has 222 valence electrons. The molecule has 2 amide bonds. The number of carbonyl (C=O) groups excluding carboxylic acids is 2. The number of piperazine rings is 1. The topological polar surface area (TPSA) is 83.1 Å². The van der Waals surface area contributed by atoms with Gasteiger partial charge < -0.3 is 29.9 Å². The van der Waals surface area contributed by atoms with E-state index in [0.29, 0.717) is 11.3 Å². The highest BCUT2D eigenvalue weighted by Gasteiger charge is 2.24. The van der Waals surface area contributed by atoms with Crippen LogP contribution in [-0.4, -0.2) is 52.2 Å². The average molecular weight is 579 g/mol. The fourth-order valence-electron chi connectivity index (χ4n) is 5.38. The Hall–Kier alpha value is -4.98. The van der Waals surface area contributed by atoms with E-state index in [1.807, 2.05) is 91.9 Å². The number of benzene rings is 4. The largest absolute Gasteiger partial charge is 0.497 e. The Kier molecular flexibility index (Phi) is 9.46. The Morgan fingerprint density at radius 3 is 2.09 bits per heavy atom.